The summed E-state index contributed by atoms with van der Waals surface area (Å²) in [5, 5.41) is 3.55. The number of rotatable bonds is 3. The van der Waals surface area contributed by atoms with E-state index in [9.17, 15) is 0 Å². The summed E-state index contributed by atoms with van der Waals surface area (Å²) in [5.74, 6) is 0.763. The minimum atomic E-state index is 0.318. The number of hydrogen-bond donors (Lipinski definition) is 1. The zero-order valence-corrected chi connectivity index (χ0v) is 12.6. The summed E-state index contributed by atoms with van der Waals surface area (Å²) in [6, 6.07) is 9.53. The standard InChI is InChI=1S/C18H27NO/c1-19-17-10-4-2-3-8-15(17)13-18-16-9-6-5-7-14(16)11-12-20-18/h5-7,9,15,17-19H,2-4,8,10-13H2,1H3. The van der Waals surface area contributed by atoms with Crippen LogP contribution in [0.2, 0.25) is 0 Å². The van der Waals surface area contributed by atoms with E-state index in [1.165, 1.54) is 49.7 Å². The van der Waals surface area contributed by atoms with Gasteiger partial charge in [-0.25, -0.2) is 0 Å². The molecule has 1 aliphatic heterocycles. The Hall–Kier alpha value is -0.860. The summed E-state index contributed by atoms with van der Waals surface area (Å²) in [5.41, 5.74) is 2.94. The molecule has 1 aromatic rings. The number of ether oxygens (including phenoxy) is 1. The maximum Gasteiger partial charge on any atom is 0.0831 e. The van der Waals surface area contributed by atoms with Gasteiger partial charge in [-0.05, 0) is 49.8 Å². The summed E-state index contributed by atoms with van der Waals surface area (Å²) in [6.45, 7) is 0.888. The maximum atomic E-state index is 6.11. The van der Waals surface area contributed by atoms with E-state index in [-0.39, 0.29) is 0 Å². The summed E-state index contributed by atoms with van der Waals surface area (Å²) >= 11 is 0. The van der Waals surface area contributed by atoms with Crippen LogP contribution in [0.4, 0.5) is 0 Å². The van der Waals surface area contributed by atoms with E-state index in [0.717, 1.165) is 18.9 Å². The van der Waals surface area contributed by atoms with Crippen molar-refractivity contribution in [3.05, 3.63) is 35.4 Å². The van der Waals surface area contributed by atoms with Crippen molar-refractivity contribution in [1.29, 1.82) is 0 Å². The van der Waals surface area contributed by atoms with E-state index in [1.54, 1.807) is 0 Å². The molecule has 3 rings (SSSR count). The SMILES string of the molecule is CNC1CCCCCC1CC1OCCc2ccccc21. The molecule has 0 saturated heterocycles. The first kappa shape index (κ1) is 14.1. The highest BCUT2D eigenvalue weighted by molar-refractivity contribution is 5.30. The lowest BCUT2D eigenvalue weighted by molar-refractivity contribution is 0.0204. The van der Waals surface area contributed by atoms with E-state index in [2.05, 4.69) is 36.6 Å². The van der Waals surface area contributed by atoms with Gasteiger partial charge in [-0.15, -0.1) is 0 Å². The third-order valence-corrected chi connectivity index (χ3v) is 5.14. The van der Waals surface area contributed by atoms with Gasteiger partial charge in [0, 0.05) is 6.04 Å². The lowest BCUT2D eigenvalue weighted by Gasteiger charge is -2.32. The van der Waals surface area contributed by atoms with E-state index in [1.807, 2.05) is 0 Å². The molecule has 0 amide bonds. The monoisotopic (exact) mass is 273 g/mol. The molecule has 3 atom stereocenters. The Morgan fingerprint density at radius 1 is 1.15 bits per heavy atom. The second-order valence-corrected chi connectivity index (χ2v) is 6.34. The van der Waals surface area contributed by atoms with Crippen LogP contribution >= 0.6 is 0 Å². The molecular formula is C18H27NO. The van der Waals surface area contributed by atoms with Crippen molar-refractivity contribution in [1.82, 2.24) is 5.32 Å². The van der Waals surface area contributed by atoms with Crippen LogP contribution < -0.4 is 5.32 Å². The molecule has 1 aromatic carbocycles. The summed E-state index contributed by atoms with van der Waals surface area (Å²) < 4.78 is 6.11. The topological polar surface area (TPSA) is 21.3 Å². The average molecular weight is 273 g/mol. The first-order valence-electron chi connectivity index (χ1n) is 8.25. The van der Waals surface area contributed by atoms with Crippen molar-refractivity contribution in [2.45, 2.75) is 57.1 Å². The van der Waals surface area contributed by atoms with Gasteiger partial charge in [-0.1, -0.05) is 43.5 Å². The molecule has 3 unspecified atom stereocenters. The van der Waals surface area contributed by atoms with Crippen molar-refractivity contribution in [3.63, 3.8) is 0 Å². The molecule has 1 aliphatic carbocycles. The van der Waals surface area contributed by atoms with E-state index in [0.29, 0.717) is 12.1 Å². The van der Waals surface area contributed by atoms with E-state index < -0.39 is 0 Å². The van der Waals surface area contributed by atoms with Gasteiger partial charge in [0.25, 0.3) is 0 Å². The Balaban J connectivity index is 1.73. The molecule has 0 spiro atoms. The Kier molecular flexibility index (Phi) is 4.74. The molecule has 2 nitrogen and oxygen atoms in total. The Labute approximate surface area is 122 Å². The van der Waals surface area contributed by atoms with Gasteiger partial charge in [-0.2, -0.15) is 0 Å². The maximum absolute atomic E-state index is 6.11. The normalized spacial score (nSPS) is 30.6. The minimum Gasteiger partial charge on any atom is -0.373 e. The average Bonchev–Trinajstić information content (AvgIpc) is 2.72. The highest BCUT2D eigenvalue weighted by Gasteiger charge is 2.28. The molecule has 1 N–H and O–H groups in total. The molecule has 0 aromatic heterocycles. The van der Waals surface area contributed by atoms with Crippen molar-refractivity contribution in [2.24, 2.45) is 5.92 Å². The van der Waals surface area contributed by atoms with Crippen LogP contribution in [0.1, 0.15) is 55.8 Å². The summed E-state index contributed by atoms with van der Waals surface area (Å²) in [7, 11) is 2.12. The van der Waals surface area contributed by atoms with Gasteiger partial charge in [0.2, 0.25) is 0 Å². The molecule has 1 heterocycles. The fraction of sp³-hybridized carbons (Fsp3) is 0.667. The van der Waals surface area contributed by atoms with E-state index in [4.69, 9.17) is 4.74 Å². The zero-order valence-electron chi connectivity index (χ0n) is 12.6. The molecular weight excluding hydrogens is 246 g/mol. The molecule has 1 fully saturated rings. The number of fused-ring (bicyclic) bond motifs is 1. The minimum absolute atomic E-state index is 0.318. The fourth-order valence-electron chi connectivity index (χ4n) is 3.99. The largest absolute Gasteiger partial charge is 0.373 e. The summed E-state index contributed by atoms with van der Waals surface area (Å²) in [6.07, 6.45) is 9.43. The number of benzene rings is 1. The van der Waals surface area contributed by atoms with Crippen LogP contribution in [0, 0.1) is 5.92 Å². The third kappa shape index (κ3) is 3.07. The Morgan fingerprint density at radius 3 is 2.90 bits per heavy atom. The molecule has 110 valence electrons. The predicted molar refractivity (Wildman–Crippen MR) is 82.9 cm³/mol. The van der Waals surface area contributed by atoms with Gasteiger partial charge in [0.1, 0.15) is 0 Å². The predicted octanol–water partition coefficient (Wildman–Crippen LogP) is 3.86. The Morgan fingerprint density at radius 2 is 2.00 bits per heavy atom. The Bertz CT molecular complexity index is 431. The first-order chi connectivity index (χ1) is 9.88. The first-order valence-corrected chi connectivity index (χ1v) is 8.25. The highest BCUT2D eigenvalue weighted by Crippen LogP contribution is 2.36. The lowest BCUT2D eigenvalue weighted by Crippen LogP contribution is -2.34. The molecule has 20 heavy (non-hydrogen) atoms. The van der Waals surface area contributed by atoms with Gasteiger partial charge in [-0.3, -0.25) is 0 Å². The van der Waals surface area contributed by atoms with Crippen LogP contribution in [0.25, 0.3) is 0 Å². The molecule has 0 bridgehead atoms. The van der Waals surface area contributed by atoms with Crippen LogP contribution in [0.5, 0.6) is 0 Å². The summed E-state index contributed by atoms with van der Waals surface area (Å²) in [4.78, 5) is 0. The van der Waals surface area contributed by atoms with Gasteiger partial charge >= 0.3 is 0 Å². The number of hydrogen-bond acceptors (Lipinski definition) is 2. The van der Waals surface area contributed by atoms with Gasteiger partial charge in [0.05, 0.1) is 12.7 Å². The van der Waals surface area contributed by atoms with Gasteiger partial charge < -0.3 is 10.1 Å². The van der Waals surface area contributed by atoms with Gasteiger partial charge in [0.15, 0.2) is 0 Å². The fourth-order valence-corrected chi connectivity index (χ4v) is 3.99. The van der Waals surface area contributed by atoms with Crippen molar-refractivity contribution in [3.8, 4) is 0 Å². The third-order valence-electron chi connectivity index (χ3n) is 5.14. The molecule has 2 heteroatoms. The highest BCUT2D eigenvalue weighted by atomic mass is 16.5. The van der Waals surface area contributed by atoms with Crippen LogP contribution in [-0.2, 0) is 11.2 Å². The van der Waals surface area contributed by atoms with Crippen molar-refractivity contribution >= 4 is 0 Å². The van der Waals surface area contributed by atoms with Crippen LogP contribution in [-0.4, -0.2) is 19.7 Å². The van der Waals surface area contributed by atoms with Crippen LogP contribution in [0.15, 0.2) is 24.3 Å². The molecule has 2 aliphatic rings. The van der Waals surface area contributed by atoms with Crippen molar-refractivity contribution < 1.29 is 4.74 Å². The second-order valence-electron chi connectivity index (χ2n) is 6.34. The second kappa shape index (κ2) is 6.73. The van der Waals surface area contributed by atoms with E-state index >= 15 is 0 Å². The lowest BCUT2D eigenvalue weighted by atomic mass is 9.85. The van der Waals surface area contributed by atoms with Crippen molar-refractivity contribution in [2.75, 3.05) is 13.7 Å². The zero-order chi connectivity index (χ0) is 13.8. The quantitative estimate of drug-likeness (QED) is 0.844. The molecule has 1 saturated carbocycles. The van der Waals surface area contributed by atoms with Crippen LogP contribution in [0.3, 0.4) is 0 Å². The smallest absolute Gasteiger partial charge is 0.0831 e. The number of nitrogens with one attached hydrogen (secondary N) is 1. The molecule has 0 radical (unpaired) electrons.